The summed E-state index contributed by atoms with van der Waals surface area (Å²) in [4.78, 5) is 39.3. The third-order valence-electron chi connectivity index (χ3n) is 6.25. The van der Waals surface area contributed by atoms with Gasteiger partial charge in [0.15, 0.2) is 6.61 Å². The van der Waals surface area contributed by atoms with Gasteiger partial charge in [-0.15, -0.1) is 0 Å². The minimum atomic E-state index is -0.884. The molecule has 2 aromatic carbocycles. The molecule has 2 aliphatic rings. The number of piperazine rings is 1. The minimum absolute atomic E-state index is 0.0865. The van der Waals surface area contributed by atoms with Crippen molar-refractivity contribution >= 4 is 33.7 Å². The summed E-state index contributed by atoms with van der Waals surface area (Å²) >= 11 is 3.52. The molecular formula is C26H29BrN2O5. The summed E-state index contributed by atoms with van der Waals surface area (Å²) in [5.74, 6) is -0.590. The zero-order valence-corrected chi connectivity index (χ0v) is 20.6. The van der Waals surface area contributed by atoms with Crippen LogP contribution < -0.4 is 10.1 Å². The fourth-order valence-corrected chi connectivity index (χ4v) is 4.93. The van der Waals surface area contributed by atoms with Crippen molar-refractivity contribution in [3.05, 3.63) is 53.0 Å². The Morgan fingerprint density at radius 1 is 1.03 bits per heavy atom. The summed E-state index contributed by atoms with van der Waals surface area (Å²) in [7, 11) is 0. The van der Waals surface area contributed by atoms with Gasteiger partial charge in [0.1, 0.15) is 17.9 Å². The van der Waals surface area contributed by atoms with Crippen molar-refractivity contribution in [2.45, 2.75) is 50.7 Å². The number of esters is 1. The molecule has 0 radical (unpaired) electrons. The molecule has 2 fully saturated rings. The maximum absolute atomic E-state index is 13.0. The van der Waals surface area contributed by atoms with E-state index in [4.69, 9.17) is 9.47 Å². The van der Waals surface area contributed by atoms with Crippen LogP contribution >= 0.6 is 15.9 Å². The van der Waals surface area contributed by atoms with Crippen molar-refractivity contribution in [2.24, 2.45) is 0 Å². The first kappa shape index (κ1) is 24.3. The summed E-state index contributed by atoms with van der Waals surface area (Å²) in [5.41, 5.74) is 2.10. The number of nitrogens with one attached hydrogen (secondary N) is 1. The summed E-state index contributed by atoms with van der Waals surface area (Å²) in [6.45, 7) is 0.433. The zero-order valence-electron chi connectivity index (χ0n) is 19.0. The maximum atomic E-state index is 13.0. The number of hydrogen-bond donors (Lipinski definition) is 1. The van der Waals surface area contributed by atoms with Gasteiger partial charge in [-0.1, -0.05) is 42.8 Å². The van der Waals surface area contributed by atoms with Crippen LogP contribution in [0, 0.1) is 0 Å². The molecule has 7 nitrogen and oxygen atoms in total. The molecule has 1 aliphatic carbocycles. The van der Waals surface area contributed by atoms with E-state index >= 15 is 0 Å². The second kappa shape index (κ2) is 11.5. The van der Waals surface area contributed by atoms with Gasteiger partial charge in [0.05, 0.1) is 10.9 Å². The highest BCUT2D eigenvalue weighted by atomic mass is 79.9. The van der Waals surface area contributed by atoms with Gasteiger partial charge in [-0.2, -0.15) is 0 Å². The molecule has 1 N–H and O–H groups in total. The van der Waals surface area contributed by atoms with E-state index in [0.29, 0.717) is 18.8 Å². The van der Waals surface area contributed by atoms with Gasteiger partial charge in [0.2, 0.25) is 5.91 Å². The zero-order chi connectivity index (χ0) is 23.9. The predicted octanol–water partition coefficient (Wildman–Crippen LogP) is 4.09. The Labute approximate surface area is 207 Å². The van der Waals surface area contributed by atoms with E-state index in [1.165, 1.54) is 4.90 Å². The number of rotatable bonds is 7. The lowest BCUT2D eigenvalue weighted by Gasteiger charge is -2.34. The molecule has 34 heavy (non-hydrogen) atoms. The number of hydrogen-bond acceptors (Lipinski definition) is 5. The molecule has 1 aliphatic heterocycles. The van der Waals surface area contributed by atoms with Gasteiger partial charge in [-0.3, -0.25) is 14.4 Å². The summed E-state index contributed by atoms with van der Waals surface area (Å²) < 4.78 is 12.1. The van der Waals surface area contributed by atoms with Crippen LogP contribution in [0.15, 0.2) is 53.0 Å². The molecule has 2 aromatic rings. The normalized spacial score (nSPS) is 18.8. The van der Waals surface area contributed by atoms with Crippen LogP contribution in [-0.4, -0.2) is 54.5 Å². The maximum Gasteiger partial charge on any atom is 0.308 e. The first-order chi connectivity index (χ1) is 16.5. The van der Waals surface area contributed by atoms with Gasteiger partial charge < -0.3 is 19.7 Å². The van der Waals surface area contributed by atoms with E-state index < -0.39 is 12.0 Å². The van der Waals surface area contributed by atoms with Crippen molar-refractivity contribution in [3.63, 3.8) is 0 Å². The van der Waals surface area contributed by atoms with Crippen molar-refractivity contribution in [2.75, 3.05) is 19.7 Å². The number of halogens is 1. The average molecular weight is 529 g/mol. The third kappa shape index (κ3) is 6.17. The summed E-state index contributed by atoms with van der Waals surface area (Å²) in [6.07, 6.45) is 4.73. The van der Waals surface area contributed by atoms with E-state index in [0.717, 1.165) is 47.7 Å². The van der Waals surface area contributed by atoms with Crippen LogP contribution in [0.4, 0.5) is 0 Å². The highest BCUT2D eigenvalue weighted by Gasteiger charge is 2.36. The van der Waals surface area contributed by atoms with Gasteiger partial charge in [-0.05, 0) is 64.9 Å². The van der Waals surface area contributed by atoms with Crippen molar-refractivity contribution < 1.29 is 23.9 Å². The fraction of sp³-hybridized carbons (Fsp3) is 0.423. The van der Waals surface area contributed by atoms with Crippen LogP contribution in [0.5, 0.6) is 5.75 Å². The summed E-state index contributed by atoms with van der Waals surface area (Å²) in [6, 6.07) is 14.7. The molecular weight excluding hydrogens is 500 g/mol. The third-order valence-corrected chi connectivity index (χ3v) is 6.87. The van der Waals surface area contributed by atoms with E-state index in [1.807, 2.05) is 48.5 Å². The van der Waals surface area contributed by atoms with E-state index in [-0.39, 0.29) is 30.9 Å². The fourth-order valence-electron chi connectivity index (χ4n) is 4.44. The minimum Gasteiger partial charge on any atom is -0.483 e. The Hall–Kier alpha value is -2.87. The quantitative estimate of drug-likeness (QED) is 0.547. The molecule has 0 aromatic heterocycles. The van der Waals surface area contributed by atoms with Crippen molar-refractivity contribution in [1.29, 1.82) is 0 Å². The highest BCUT2D eigenvalue weighted by molar-refractivity contribution is 9.10. The molecule has 1 saturated carbocycles. The molecule has 180 valence electrons. The van der Waals surface area contributed by atoms with E-state index in [1.54, 1.807) is 0 Å². The molecule has 8 heteroatoms. The number of carbonyl (C=O) groups excluding carboxylic acids is 3. The van der Waals surface area contributed by atoms with Crippen molar-refractivity contribution in [1.82, 2.24) is 10.2 Å². The average Bonchev–Trinajstić information content (AvgIpc) is 2.85. The topological polar surface area (TPSA) is 84.9 Å². The SMILES string of the molecule is O=C(CC1C(=O)NCCN1C(=O)COc1ccc(-c2ccccc2)cc1Br)OC1CCCCC1. The first-order valence-electron chi connectivity index (χ1n) is 11.8. The predicted molar refractivity (Wildman–Crippen MR) is 131 cm³/mol. The lowest BCUT2D eigenvalue weighted by molar-refractivity contribution is -0.156. The van der Waals surface area contributed by atoms with Gasteiger partial charge in [0.25, 0.3) is 5.91 Å². The molecule has 2 amide bonds. The molecule has 1 unspecified atom stereocenters. The second-order valence-electron chi connectivity index (χ2n) is 8.65. The molecule has 4 rings (SSSR count). The number of benzene rings is 2. The second-order valence-corrected chi connectivity index (χ2v) is 9.50. The molecule has 0 bridgehead atoms. The number of nitrogens with zero attached hydrogens (tertiary/aromatic N) is 1. The molecule has 0 spiro atoms. The Balaban J connectivity index is 1.36. The van der Waals surface area contributed by atoms with Crippen molar-refractivity contribution in [3.8, 4) is 16.9 Å². The summed E-state index contributed by atoms with van der Waals surface area (Å²) in [5, 5.41) is 2.74. The van der Waals surface area contributed by atoms with Crippen LogP contribution in [0.1, 0.15) is 38.5 Å². The van der Waals surface area contributed by atoms with Crippen LogP contribution in [0.25, 0.3) is 11.1 Å². The number of carbonyl (C=O) groups is 3. The van der Waals surface area contributed by atoms with E-state index in [2.05, 4.69) is 21.2 Å². The van der Waals surface area contributed by atoms with E-state index in [9.17, 15) is 14.4 Å². The van der Waals surface area contributed by atoms with Gasteiger partial charge in [-0.25, -0.2) is 0 Å². The Morgan fingerprint density at radius 2 is 1.79 bits per heavy atom. The smallest absolute Gasteiger partial charge is 0.308 e. The lowest BCUT2D eigenvalue weighted by atomic mass is 9.98. The number of amides is 2. The van der Waals surface area contributed by atoms with Gasteiger partial charge in [0, 0.05) is 13.1 Å². The largest absolute Gasteiger partial charge is 0.483 e. The first-order valence-corrected chi connectivity index (χ1v) is 12.5. The molecule has 1 atom stereocenters. The Morgan fingerprint density at radius 3 is 2.53 bits per heavy atom. The molecule has 1 saturated heterocycles. The molecule has 1 heterocycles. The Bertz CT molecular complexity index is 1020. The lowest BCUT2D eigenvalue weighted by Crippen LogP contribution is -2.58. The van der Waals surface area contributed by atoms with Crippen LogP contribution in [0.3, 0.4) is 0 Å². The standard InChI is InChI=1S/C26H29BrN2O5/c27-21-15-19(18-7-3-1-4-8-18)11-12-23(21)33-17-24(30)29-14-13-28-26(32)22(29)16-25(31)34-20-9-5-2-6-10-20/h1,3-4,7-8,11-12,15,20,22H,2,5-6,9-10,13-14,16-17H2,(H,28,32). The number of ether oxygens (including phenoxy) is 2. The Kier molecular flexibility index (Phi) is 8.21. The van der Waals surface area contributed by atoms with Crippen LogP contribution in [0.2, 0.25) is 0 Å². The highest BCUT2D eigenvalue weighted by Crippen LogP contribution is 2.31. The monoisotopic (exact) mass is 528 g/mol. The van der Waals surface area contributed by atoms with Gasteiger partial charge >= 0.3 is 5.97 Å². The van der Waals surface area contributed by atoms with Crippen LogP contribution in [-0.2, 0) is 19.1 Å².